The van der Waals surface area contributed by atoms with Gasteiger partial charge in [-0.25, -0.2) is 0 Å². The van der Waals surface area contributed by atoms with E-state index in [1.807, 2.05) is 0 Å². The van der Waals surface area contributed by atoms with Crippen molar-refractivity contribution < 1.29 is 51.3 Å². The maximum Gasteiger partial charge on any atom is 0.403 e. The molecule has 3 fully saturated rings. The largest absolute Gasteiger partial charge is 0.403 e. The van der Waals surface area contributed by atoms with Gasteiger partial charge in [0.05, 0.1) is 18.2 Å². The number of carbonyl (C=O) groups excluding carboxylic acids is 2. The SMILES string of the molecule is CC(=O)NC1CC(C(C2CCC(O)C(N[C@@H](O)C3CCCC(C(C)=O)C3)C2)(C(F)(F)F)C(F)(F)F)CCC1O. The number of Topliss-reactive ketones (excluding diaryl/α,β-unsaturated/α-hetero) is 1. The molecule has 3 aliphatic rings. The molecule has 39 heavy (non-hydrogen) atoms. The van der Waals surface area contributed by atoms with Crippen LogP contribution in [0.15, 0.2) is 0 Å². The topological polar surface area (TPSA) is 119 Å². The molecule has 7 nitrogen and oxygen atoms in total. The molecule has 0 saturated heterocycles. The van der Waals surface area contributed by atoms with E-state index >= 15 is 0 Å². The Morgan fingerprint density at radius 3 is 1.77 bits per heavy atom. The van der Waals surface area contributed by atoms with Gasteiger partial charge >= 0.3 is 12.4 Å². The Labute approximate surface area is 224 Å². The number of aliphatic hydroxyl groups is 3. The van der Waals surface area contributed by atoms with Crippen LogP contribution in [-0.4, -0.2) is 69.9 Å². The number of carbonyl (C=O) groups is 2. The summed E-state index contributed by atoms with van der Waals surface area (Å²) in [4.78, 5) is 23.3. The van der Waals surface area contributed by atoms with Crippen molar-refractivity contribution in [3.05, 3.63) is 0 Å². The lowest BCUT2D eigenvalue weighted by Crippen LogP contribution is -2.64. The Morgan fingerprint density at radius 2 is 1.28 bits per heavy atom. The summed E-state index contributed by atoms with van der Waals surface area (Å²) in [6.45, 7) is 2.52. The smallest absolute Gasteiger partial charge is 0.392 e. The van der Waals surface area contributed by atoms with Crippen molar-refractivity contribution in [2.75, 3.05) is 0 Å². The third kappa shape index (κ3) is 6.73. The van der Waals surface area contributed by atoms with Crippen LogP contribution in [0.1, 0.15) is 78.1 Å². The van der Waals surface area contributed by atoms with E-state index in [1.54, 1.807) is 0 Å². The van der Waals surface area contributed by atoms with Gasteiger partial charge in [0, 0.05) is 18.9 Å². The van der Waals surface area contributed by atoms with Gasteiger partial charge in [-0.2, -0.15) is 26.3 Å². The number of nitrogens with one attached hydrogen (secondary N) is 2. The van der Waals surface area contributed by atoms with Gasteiger partial charge in [-0.15, -0.1) is 0 Å². The third-order valence-corrected chi connectivity index (χ3v) is 9.36. The zero-order valence-corrected chi connectivity index (χ0v) is 22.2. The van der Waals surface area contributed by atoms with Crippen LogP contribution in [0.5, 0.6) is 0 Å². The summed E-state index contributed by atoms with van der Waals surface area (Å²) in [5.41, 5.74) is -4.13. The second kappa shape index (κ2) is 12.2. The standard InChI is InChI=1S/C26H40F6N2O5/c1-13(35)15-4-3-5-16(10-15)23(39)34-20-12-18(7-9-22(20)38)24(25(27,28)29,26(30,31)32)17-6-8-21(37)19(11-17)33-14(2)36/h15-23,34,37-39H,3-12H2,1-2H3,(H,33,36)/t15?,16?,17?,18?,19?,20?,21?,22?,23-/m0/s1. The van der Waals surface area contributed by atoms with Crippen LogP contribution >= 0.6 is 0 Å². The number of ketones is 1. The van der Waals surface area contributed by atoms with E-state index in [0.29, 0.717) is 25.7 Å². The normalized spacial score (nSPS) is 35.8. The van der Waals surface area contributed by atoms with Gasteiger partial charge in [0.2, 0.25) is 5.91 Å². The minimum Gasteiger partial charge on any atom is -0.392 e. The first-order valence-electron chi connectivity index (χ1n) is 13.7. The molecule has 0 bridgehead atoms. The Morgan fingerprint density at radius 1 is 0.769 bits per heavy atom. The molecule has 3 aliphatic carbocycles. The predicted octanol–water partition coefficient (Wildman–Crippen LogP) is 3.60. The van der Waals surface area contributed by atoms with Crippen LogP contribution in [0, 0.1) is 29.1 Å². The summed E-state index contributed by atoms with van der Waals surface area (Å²) >= 11 is 0. The van der Waals surface area contributed by atoms with E-state index in [4.69, 9.17) is 0 Å². The van der Waals surface area contributed by atoms with Gasteiger partial charge in [-0.1, -0.05) is 6.42 Å². The highest BCUT2D eigenvalue weighted by atomic mass is 19.4. The predicted molar refractivity (Wildman–Crippen MR) is 128 cm³/mol. The average molecular weight is 575 g/mol. The van der Waals surface area contributed by atoms with Crippen LogP contribution in [0.4, 0.5) is 26.3 Å². The molecule has 0 aliphatic heterocycles. The fraction of sp³-hybridized carbons (Fsp3) is 0.923. The Kier molecular flexibility index (Phi) is 10.0. The van der Waals surface area contributed by atoms with Crippen LogP contribution in [0.25, 0.3) is 0 Å². The Bertz CT molecular complexity index is 855. The van der Waals surface area contributed by atoms with Gasteiger partial charge in [0.15, 0.2) is 5.41 Å². The first-order valence-corrected chi connectivity index (χ1v) is 13.7. The highest BCUT2D eigenvalue weighted by molar-refractivity contribution is 5.78. The lowest BCUT2D eigenvalue weighted by Gasteiger charge is -2.53. The van der Waals surface area contributed by atoms with Crippen molar-refractivity contribution in [3.63, 3.8) is 0 Å². The fourth-order valence-electron chi connectivity index (χ4n) is 7.39. The molecule has 9 atom stereocenters. The van der Waals surface area contributed by atoms with Crippen molar-refractivity contribution in [3.8, 4) is 0 Å². The number of alkyl halides is 6. The molecule has 0 aromatic carbocycles. The highest BCUT2D eigenvalue weighted by Crippen LogP contribution is 2.64. The summed E-state index contributed by atoms with van der Waals surface area (Å²) in [6.07, 6.45) is -16.2. The lowest BCUT2D eigenvalue weighted by molar-refractivity contribution is -0.383. The van der Waals surface area contributed by atoms with Gasteiger partial charge in [-0.05, 0) is 82.5 Å². The lowest BCUT2D eigenvalue weighted by atomic mass is 9.56. The second-order valence-corrected chi connectivity index (χ2v) is 11.8. The zero-order valence-electron chi connectivity index (χ0n) is 22.2. The Hall–Kier alpha value is -1.44. The first-order chi connectivity index (χ1) is 18.0. The maximum atomic E-state index is 14.8. The molecule has 13 heteroatoms. The summed E-state index contributed by atoms with van der Waals surface area (Å²) in [7, 11) is 0. The van der Waals surface area contributed by atoms with Gasteiger partial charge in [0.25, 0.3) is 0 Å². The molecule has 3 rings (SSSR count). The molecule has 1 amide bonds. The van der Waals surface area contributed by atoms with E-state index in [1.165, 1.54) is 6.92 Å². The van der Waals surface area contributed by atoms with Crippen LogP contribution < -0.4 is 10.6 Å². The van der Waals surface area contributed by atoms with Crippen molar-refractivity contribution >= 4 is 11.7 Å². The van der Waals surface area contributed by atoms with Gasteiger partial charge in [-0.3, -0.25) is 14.9 Å². The van der Waals surface area contributed by atoms with E-state index in [2.05, 4.69) is 10.6 Å². The number of aliphatic hydroxyl groups excluding tert-OH is 3. The van der Waals surface area contributed by atoms with Crippen LogP contribution in [0.3, 0.4) is 0 Å². The van der Waals surface area contributed by atoms with Crippen molar-refractivity contribution in [1.82, 2.24) is 10.6 Å². The zero-order chi connectivity index (χ0) is 29.3. The minimum atomic E-state index is -5.70. The number of hydrogen-bond acceptors (Lipinski definition) is 6. The summed E-state index contributed by atoms with van der Waals surface area (Å²) in [5.74, 6) is -5.32. The summed E-state index contributed by atoms with van der Waals surface area (Å²) in [6, 6.07) is -2.48. The number of rotatable bonds is 7. The molecular formula is C26H40F6N2O5. The number of halogens is 6. The molecule has 0 heterocycles. The van der Waals surface area contributed by atoms with Crippen LogP contribution in [-0.2, 0) is 9.59 Å². The maximum absolute atomic E-state index is 14.8. The van der Waals surface area contributed by atoms with E-state index in [-0.39, 0.29) is 24.5 Å². The van der Waals surface area contributed by atoms with E-state index in [9.17, 15) is 51.3 Å². The molecule has 3 saturated carbocycles. The molecule has 0 aromatic heterocycles. The quantitative estimate of drug-likeness (QED) is 0.234. The average Bonchev–Trinajstić information content (AvgIpc) is 2.81. The van der Waals surface area contributed by atoms with E-state index in [0.717, 1.165) is 6.92 Å². The summed E-state index contributed by atoms with van der Waals surface area (Å²) < 4.78 is 88.7. The Balaban J connectivity index is 1.89. The second-order valence-electron chi connectivity index (χ2n) is 11.8. The van der Waals surface area contributed by atoms with Crippen molar-refractivity contribution in [2.45, 2.75) is 121 Å². The summed E-state index contributed by atoms with van der Waals surface area (Å²) in [5, 5.41) is 36.6. The molecular weight excluding hydrogens is 534 g/mol. The number of hydrogen-bond donors (Lipinski definition) is 5. The van der Waals surface area contributed by atoms with Gasteiger partial charge < -0.3 is 20.6 Å². The minimum absolute atomic E-state index is 0.0417. The molecule has 8 unspecified atom stereocenters. The fourth-order valence-corrected chi connectivity index (χ4v) is 7.39. The molecule has 0 spiro atoms. The van der Waals surface area contributed by atoms with Crippen LogP contribution in [0.2, 0.25) is 0 Å². The molecule has 226 valence electrons. The van der Waals surface area contributed by atoms with E-state index < -0.39 is 97.6 Å². The monoisotopic (exact) mass is 574 g/mol. The van der Waals surface area contributed by atoms with Gasteiger partial charge in [0.1, 0.15) is 12.0 Å². The number of amides is 1. The first kappa shape index (κ1) is 32.1. The highest BCUT2D eigenvalue weighted by Gasteiger charge is 2.77. The molecule has 0 radical (unpaired) electrons. The molecule has 5 N–H and O–H groups in total. The van der Waals surface area contributed by atoms with Crippen molar-refractivity contribution in [1.29, 1.82) is 0 Å². The third-order valence-electron chi connectivity index (χ3n) is 9.36. The van der Waals surface area contributed by atoms with Crippen molar-refractivity contribution in [2.24, 2.45) is 29.1 Å². The molecule has 0 aromatic rings.